The molecular formula is C17H21ClN2O6. The van der Waals surface area contributed by atoms with E-state index in [1.807, 2.05) is 0 Å². The van der Waals surface area contributed by atoms with Gasteiger partial charge in [-0.3, -0.25) is 9.59 Å². The molecule has 26 heavy (non-hydrogen) atoms. The minimum atomic E-state index is -2.30. The number of carbonyl (C=O) groups excluding carboxylic acids is 4. The predicted molar refractivity (Wildman–Crippen MR) is 94.6 cm³/mol. The quantitative estimate of drug-likeness (QED) is 0.301. The monoisotopic (exact) mass is 384 g/mol. The van der Waals surface area contributed by atoms with Gasteiger partial charge in [0.1, 0.15) is 0 Å². The van der Waals surface area contributed by atoms with E-state index in [4.69, 9.17) is 26.8 Å². The number of esters is 2. The van der Waals surface area contributed by atoms with Crippen LogP contribution in [0.4, 0.5) is 5.69 Å². The molecule has 0 bridgehead atoms. The Bertz CT molecular complexity index is 701. The number of carbonyl (C=O) groups is 4. The third-order valence-corrected chi connectivity index (χ3v) is 3.61. The first-order valence-electron chi connectivity index (χ1n) is 7.89. The fourth-order valence-corrected chi connectivity index (χ4v) is 2.49. The Morgan fingerprint density at radius 3 is 2.08 bits per heavy atom. The molecule has 8 nitrogen and oxygen atoms in total. The van der Waals surface area contributed by atoms with Crippen molar-refractivity contribution in [2.45, 2.75) is 32.7 Å². The van der Waals surface area contributed by atoms with Gasteiger partial charge >= 0.3 is 11.9 Å². The Labute approximate surface area is 156 Å². The van der Waals surface area contributed by atoms with E-state index in [2.05, 4.69) is 5.32 Å². The number of nitrogens with two attached hydrogens (primary N) is 1. The molecule has 0 aromatic heterocycles. The van der Waals surface area contributed by atoms with Crippen LogP contribution in [0, 0.1) is 0 Å². The minimum absolute atomic E-state index is 0.0534. The summed E-state index contributed by atoms with van der Waals surface area (Å²) in [7, 11) is 0. The maximum Gasteiger partial charge on any atom is 0.344 e. The molecule has 0 fully saturated rings. The Balaban J connectivity index is 3.36. The van der Waals surface area contributed by atoms with Crippen molar-refractivity contribution in [3.05, 3.63) is 28.8 Å². The summed E-state index contributed by atoms with van der Waals surface area (Å²) in [6.45, 7) is 4.04. The van der Waals surface area contributed by atoms with Gasteiger partial charge in [0.2, 0.25) is 11.4 Å². The number of hydrogen-bond acceptors (Lipinski definition) is 7. The molecule has 1 aromatic carbocycles. The second-order valence-corrected chi connectivity index (χ2v) is 5.80. The topological polar surface area (TPSA) is 125 Å². The average Bonchev–Trinajstić information content (AvgIpc) is 2.53. The van der Waals surface area contributed by atoms with E-state index in [1.165, 1.54) is 32.0 Å². The Morgan fingerprint density at radius 2 is 1.65 bits per heavy atom. The smallest absolute Gasteiger partial charge is 0.344 e. The van der Waals surface area contributed by atoms with Crippen molar-refractivity contribution in [1.29, 1.82) is 0 Å². The van der Waals surface area contributed by atoms with E-state index in [9.17, 15) is 19.2 Å². The normalized spacial score (nSPS) is 10.8. The van der Waals surface area contributed by atoms with E-state index in [-0.39, 0.29) is 24.5 Å². The zero-order chi connectivity index (χ0) is 19.9. The van der Waals surface area contributed by atoms with Crippen molar-refractivity contribution in [2.24, 2.45) is 0 Å². The summed E-state index contributed by atoms with van der Waals surface area (Å²) in [4.78, 5) is 49.3. The van der Waals surface area contributed by atoms with E-state index >= 15 is 0 Å². The van der Waals surface area contributed by atoms with Gasteiger partial charge in [0, 0.05) is 23.2 Å². The second-order valence-electron chi connectivity index (χ2n) is 5.36. The van der Waals surface area contributed by atoms with Crippen LogP contribution in [0.5, 0.6) is 0 Å². The first kappa shape index (κ1) is 21.4. The van der Waals surface area contributed by atoms with Gasteiger partial charge in [-0.25, -0.2) is 9.59 Å². The Morgan fingerprint density at radius 1 is 1.12 bits per heavy atom. The first-order chi connectivity index (χ1) is 12.2. The highest BCUT2D eigenvalue weighted by atomic mass is 35.5. The maximum absolute atomic E-state index is 12.7. The van der Waals surface area contributed by atoms with Crippen LogP contribution < -0.4 is 11.1 Å². The Kier molecular flexibility index (Phi) is 7.57. The minimum Gasteiger partial charge on any atom is -0.464 e. The zero-order valence-corrected chi connectivity index (χ0v) is 15.5. The molecule has 0 spiro atoms. The standard InChI is InChI=1S/C17H21ClN2O6/c1-4-25-15(23)17(20-10(3)21,16(24)26-5-2)9-14(22)12-7-6-11(18)8-13(12)19/h6-8H,4-5,9,19H2,1-3H3,(H,20,21). The van der Waals surface area contributed by atoms with Crippen LogP contribution >= 0.6 is 11.6 Å². The van der Waals surface area contributed by atoms with E-state index in [0.29, 0.717) is 5.02 Å². The Hall–Kier alpha value is -2.61. The van der Waals surface area contributed by atoms with E-state index < -0.39 is 35.6 Å². The molecule has 1 rings (SSSR count). The number of amides is 1. The molecule has 0 radical (unpaired) electrons. The lowest BCUT2D eigenvalue weighted by molar-refractivity contribution is -0.167. The molecule has 142 valence electrons. The average molecular weight is 385 g/mol. The lowest BCUT2D eigenvalue weighted by Crippen LogP contribution is -2.62. The number of nitrogen functional groups attached to an aromatic ring is 1. The van der Waals surface area contributed by atoms with Gasteiger partial charge < -0.3 is 20.5 Å². The molecule has 3 N–H and O–H groups in total. The summed E-state index contributed by atoms with van der Waals surface area (Å²) in [5.74, 6) is -3.54. The number of ketones is 1. The second kappa shape index (κ2) is 9.19. The summed E-state index contributed by atoms with van der Waals surface area (Å²) in [5.41, 5.74) is 3.61. The number of halogens is 1. The number of rotatable bonds is 8. The number of benzene rings is 1. The third kappa shape index (κ3) is 4.95. The zero-order valence-electron chi connectivity index (χ0n) is 14.8. The molecule has 0 saturated carbocycles. The van der Waals surface area contributed by atoms with E-state index in [1.54, 1.807) is 0 Å². The summed E-state index contributed by atoms with van der Waals surface area (Å²) in [6, 6.07) is 4.18. The largest absolute Gasteiger partial charge is 0.464 e. The van der Waals surface area contributed by atoms with Gasteiger partial charge in [0.05, 0.1) is 19.6 Å². The lowest BCUT2D eigenvalue weighted by Gasteiger charge is -2.29. The number of Topliss-reactive ketones (excluding diaryl/α,β-unsaturated/α-hetero) is 1. The van der Waals surface area contributed by atoms with E-state index in [0.717, 1.165) is 6.92 Å². The highest BCUT2D eigenvalue weighted by Gasteiger charge is 2.51. The summed E-state index contributed by atoms with van der Waals surface area (Å²) < 4.78 is 9.81. The maximum atomic E-state index is 12.7. The highest BCUT2D eigenvalue weighted by molar-refractivity contribution is 6.31. The number of anilines is 1. The number of hydrogen-bond donors (Lipinski definition) is 2. The molecule has 0 aliphatic heterocycles. The predicted octanol–water partition coefficient (Wildman–Crippen LogP) is 1.50. The van der Waals surface area contributed by atoms with Crippen LogP contribution in [-0.2, 0) is 23.9 Å². The van der Waals surface area contributed by atoms with Crippen LogP contribution in [0.15, 0.2) is 18.2 Å². The lowest BCUT2D eigenvalue weighted by atomic mass is 9.89. The molecule has 1 aromatic rings. The SMILES string of the molecule is CCOC(=O)C(CC(=O)c1ccc(Cl)cc1N)(NC(C)=O)C(=O)OCC. The number of ether oxygens (including phenoxy) is 2. The highest BCUT2D eigenvalue weighted by Crippen LogP contribution is 2.24. The van der Waals surface area contributed by atoms with Gasteiger partial charge in [-0.2, -0.15) is 0 Å². The van der Waals surface area contributed by atoms with Crippen LogP contribution in [0.2, 0.25) is 5.02 Å². The van der Waals surface area contributed by atoms with Gasteiger partial charge in [0.25, 0.3) is 0 Å². The van der Waals surface area contributed by atoms with Crippen molar-refractivity contribution in [1.82, 2.24) is 5.32 Å². The van der Waals surface area contributed by atoms with Crippen LogP contribution in [-0.4, -0.2) is 42.4 Å². The third-order valence-electron chi connectivity index (χ3n) is 3.38. The van der Waals surface area contributed by atoms with Crippen LogP contribution in [0.1, 0.15) is 37.6 Å². The summed E-state index contributed by atoms with van der Waals surface area (Å²) >= 11 is 5.81. The summed E-state index contributed by atoms with van der Waals surface area (Å²) in [5, 5.41) is 2.54. The molecule has 1 amide bonds. The molecule has 0 atom stereocenters. The molecule has 0 unspecified atom stereocenters. The summed E-state index contributed by atoms with van der Waals surface area (Å²) in [6.07, 6.45) is -0.712. The molecule has 0 aliphatic rings. The van der Waals surface area contributed by atoms with Gasteiger partial charge in [-0.1, -0.05) is 11.6 Å². The molecule has 0 heterocycles. The van der Waals surface area contributed by atoms with Gasteiger partial charge in [0.15, 0.2) is 5.78 Å². The van der Waals surface area contributed by atoms with Crippen molar-refractivity contribution < 1.29 is 28.7 Å². The van der Waals surface area contributed by atoms with Gasteiger partial charge in [-0.15, -0.1) is 0 Å². The van der Waals surface area contributed by atoms with Crippen LogP contribution in [0.3, 0.4) is 0 Å². The van der Waals surface area contributed by atoms with Crippen molar-refractivity contribution in [3.8, 4) is 0 Å². The van der Waals surface area contributed by atoms with Crippen LogP contribution in [0.25, 0.3) is 0 Å². The molecular weight excluding hydrogens is 364 g/mol. The fourth-order valence-electron chi connectivity index (χ4n) is 2.31. The molecule has 0 saturated heterocycles. The fraction of sp³-hybridized carbons (Fsp3) is 0.412. The first-order valence-corrected chi connectivity index (χ1v) is 8.27. The van der Waals surface area contributed by atoms with Crippen molar-refractivity contribution in [3.63, 3.8) is 0 Å². The number of nitrogens with one attached hydrogen (secondary N) is 1. The van der Waals surface area contributed by atoms with Crippen molar-refractivity contribution >= 4 is 40.9 Å². The molecule has 0 aliphatic carbocycles. The van der Waals surface area contributed by atoms with Crippen molar-refractivity contribution in [2.75, 3.05) is 18.9 Å². The molecule has 9 heteroatoms. The van der Waals surface area contributed by atoms with Gasteiger partial charge in [-0.05, 0) is 32.0 Å².